The highest BCUT2D eigenvalue weighted by atomic mass is 35.5. The summed E-state index contributed by atoms with van der Waals surface area (Å²) in [5, 5.41) is 4.47. The number of nitrogens with zero attached hydrogens (tertiary/aromatic N) is 2. The molecule has 23 heavy (non-hydrogen) atoms. The van der Waals surface area contributed by atoms with Gasteiger partial charge in [-0.3, -0.25) is 0 Å². The Bertz CT molecular complexity index is 684. The Morgan fingerprint density at radius 3 is 2.39 bits per heavy atom. The van der Waals surface area contributed by atoms with Crippen molar-refractivity contribution in [1.29, 1.82) is 0 Å². The maximum absolute atomic E-state index is 13.2. The molecular formula is C17H17ClFN3S. The first-order valence-corrected chi connectivity index (χ1v) is 8.22. The van der Waals surface area contributed by atoms with Crippen molar-refractivity contribution in [2.45, 2.75) is 0 Å². The van der Waals surface area contributed by atoms with Crippen LogP contribution in [-0.2, 0) is 0 Å². The van der Waals surface area contributed by atoms with Gasteiger partial charge in [0.05, 0.1) is 0 Å². The van der Waals surface area contributed by atoms with Crippen LogP contribution < -0.4 is 10.2 Å². The monoisotopic (exact) mass is 349 g/mol. The average Bonchev–Trinajstić information content (AvgIpc) is 2.56. The number of halogens is 2. The van der Waals surface area contributed by atoms with Gasteiger partial charge >= 0.3 is 0 Å². The van der Waals surface area contributed by atoms with Gasteiger partial charge in [-0.2, -0.15) is 0 Å². The van der Waals surface area contributed by atoms with E-state index in [0.717, 1.165) is 36.9 Å². The number of hydrogen-bond acceptors (Lipinski definition) is 2. The molecule has 0 amide bonds. The first kappa shape index (κ1) is 16.0. The third-order valence-corrected chi connectivity index (χ3v) is 4.45. The van der Waals surface area contributed by atoms with Crippen LogP contribution >= 0.6 is 23.8 Å². The van der Waals surface area contributed by atoms with Crippen LogP contribution in [0.5, 0.6) is 0 Å². The number of anilines is 2. The molecule has 0 bridgehead atoms. The predicted octanol–water partition coefficient (Wildman–Crippen LogP) is 4.00. The Hall–Kier alpha value is -1.85. The zero-order valence-electron chi connectivity index (χ0n) is 12.5. The molecule has 1 N–H and O–H groups in total. The van der Waals surface area contributed by atoms with Gasteiger partial charge in [-0.15, -0.1) is 0 Å². The highest BCUT2D eigenvalue weighted by molar-refractivity contribution is 7.80. The maximum Gasteiger partial charge on any atom is 0.173 e. The van der Waals surface area contributed by atoms with E-state index in [4.69, 9.17) is 23.8 Å². The van der Waals surface area contributed by atoms with Crippen LogP contribution in [0.15, 0.2) is 48.5 Å². The van der Waals surface area contributed by atoms with Crippen LogP contribution in [0.3, 0.4) is 0 Å². The molecular weight excluding hydrogens is 333 g/mol. The van der Waals surface area contributed by atoms with Crippen molar-refractivity contribution in [3.05, 3.63) is 59.4 Å². The molecule has 120 valence electrons. The van der Waals surface area contributed by atoms with Gasteiger partial charge in [0.2, 0.25) is 0 Å². The topological polar surface area (TPSA) is 18.5 Å². The zero-order valence-corrected chi connectivity index (χ0v) is 14.1. The summed E-state index contributed by atoms with van der Waals surface area (Å²) in [5.41, 5.74) is 1.84. The average molecular weight is 350 g/mol. The van der Waals surface area contributed by atoms with E-state index in [1.165, 1.54) is 12.1 Å². The summed E-state index contributed by atoms with van der Waals surface area (Å²) >= 11 is 11.4. The first-order valence-electron chi connectivity index (χ1n) is 7.44. The summed E-state index contributed by atoms with van der Waals surface area (Å²) in [5.74, 6) is -0.273. The molecule has 0 spiro atoms. The maximum atomic E-state index is 13.2. The molecule has 1 saturated heterocycles. The second-order valence-corrected chi connectivity index (χ2v) is 6.21. The normalized spacial score (nSPS) is 14.7. The minimum atomic E-state index is -0.273. The Balaban J connectivity index is 1.56. The second kappa shape index (κ2) is 7.15. The van der Waals surface area contributed by atoms with Crippen LogP contribution in [0, 0.1) is 5.82 Å². The van der Waals surface area contributed by atoms with Crippen LogP contribution in [0.2, 0.25) is 5.02 Å². The molecule has 0 unspecified atom stereocenters. The molecule has 0 atom stereocenters. The highest BCUT2D eigenvalue weighted by Gasteiger charge is 2.19. The first-order chi connectivity index (χ1) is 11.1. The summed E-state index contributed by atoms with van der Waals surface area (Å²) in [4.78, 5) is 4.41. The van der Waals surface area contributed by atoms with Gasteiger partial charge in [-0.05, 0) is 54.7 Å². The van der Waals surface area contributed by atoms with Crippen molar-refractivity contribution in [1.82, 2.24) is 4.90 Å². The van der Waals surface area contributed by atoms with Crippen LogP contribution in [0.1, 0.15) is 0 Å². The number of benzene rings is 2. The Labute approximate surface area is 145 Å². The molecule has 1 aliphatic rings. The summed E-state index contributed by atoms with van der Waals surface area (Å²) in [6.07, 6.45) is 0. The summed E-state index contributed by atoms with van der Waals surface area (Å²) in [6, 6.07) is 14.2. The van der Waals surface area contributed by atoms with Crippen molar-refractivity contribution in [2.24, 2.45) is 0 Å². The lowest BCUT2D eigenvalue weighted by atomic mass is 10.2. The number of thiocarbonyl (C=S) groups is 1. The third-order valence-electron chi connectivity index (χ3n) is 3.83. The van der Waals surface area contributed by atoms with Gasteiger partial charge in [-0.25, -0.2) is 4.39 Å². The third kappa shape index (κ3) is 4.12. The molecule has 3 rings (SSSR count). The Morgan fingerprint density at radius 2 is 1.74 bits per heavy atom. The Morgan fingerprint density at radius 1 is 1.04 bits per heavy atom. The SMILES string of the molecule is Fc1cccc(NC(=S)N2CCN(c3ccc(Cl)cc3)CC2)c1. The van der Waals surface area contributed by atoms with E-state index in [0.29, 0.717) is 10.8 Å². The van der Waals surface area contributed by atoms with Crippen molar-refractivity contribution < 1.29 is 4.39 Å². The lowest BCUT2D eigenvalue weighted by molar-refractivity contribution is 0.391. The number of rotatable bonds is 2. The van der Waals surface area contributed by atoms with Crippen molar-refractivity contribution in [2.75, 3.05) is 36.4 Å². The molecule has 2 aromatic rings. The number of nitrogens with one attached hydrogen (secondary N) is 1. The lowest BCUT2D eigenvalue weighted by Gasteiger charge is -2.37. The Kier molecular flexibility index (Phi) is 4.98. The largest absolute Gasteiger partial charge is 0.368 e. The van der Waals surface area contributed by atoms with Gasteiger partial charge < -0.3 is 15.1 Å². The zero-order chi connectivity index (χ0) is 16.2. The van der Waals surface area contributed by atoms with E-state index in [1.807, 2.05) is 24.3 Å². The van der Waals surface area contributed by atoms with E-state index in [1.54, 1.807) is 12.1 Å². The molecule has 1 aliphatic heterocycles. The molecule has 2 aromatic carbocycles. The standard InChI is InChI=1S/C17H17ClFN3S/c18-13-4-6-16(7-5-13)21-8-10-22(11-9-21)17(23)20-15-3-1-2-14(19)12-15/h1-7,12H,8-11H2,(H,20,23). The van der Waals surface area contributed by atoms with Crippen LogP contribution in [0.25, 0.3) is 0 Å². The van der Waals surface area contributed by atoms with E-state index in [-0.39, 0.29) is 5.82 Å². The minimum absolute atomic E-state index is 0.273. The summed E-state index contributed by atoms with van der Waals surface area (Å²) < 4.78 is 13.2. The molecule has 1 fully saturated rings. The molecule has 0 aromatic heterocycles. The van der Waals surface area contributed by atoms with E-state index >= 15 is 0 Å². The fraction of sp³-hybridized carbons (Fsp3) is 0.235. The number of piperazine rings is 1. The van der Waals surface area contributed by atoms with Crippen molar-refractivity contribution >= 4 is 40.3 Å². The van der Waals surface area contributed by atoms with Crippen LogP contribution in [0.4, 0.5) is 15.8 Å². The fourth-order valence-corrected chi connectivity index (χ4v) is 3.01. The molecule has 0 aliphatic carbocycles. The summed E-state index contributed by atoms with van der Waals surface area (Å²) in [7, 11) is 0. The van der Waals surface area contributed by atoms with Gasteiger partial charge in [-0.1, -0.05) is 17.7 Å². The molecule has 1 heterocycles. The van der Waals surface area contributed by atoms with Gasteiger partial charge in [0.1, 0.15) is 5.82 Å². The van der Waals surface area contributed by atoms with E-state index in [9.17, 15) is 4.39 Å². The fourth-order valence-electron chi connectivity index (χ4n) is 2.59. The smallest absolute Gasteiger partial charge is 0.173 e. The minimum Gasteiger partial charge on any atom is -0.368 e. The van der Waals surface area contributed by atoms with E-state index < -0.39 is 0 Å². The van der Waals surface area contributed by atoms with Crippen LogP contribution in [-0.4, -0.2) is 36.2 Å². The summed E-state index contributed by atoms with van der Waals surface area (Å²) in [6.45, 7) is 3.41. The second-order valence-electron chi connectivity index (χ2n) is 5.39. The van der Waals surface area contributed by atoms with Crippen molar-refractivity contribution in [3.8, 4) is 0 Å². The predicted molar refractivity (Wildman–Crippen MR) is 97.9 cm³/mol. The van der Waals surface area contributed by atoms with Gasteiger partial charge in [0.25, 0.3) is 0 Å². The van der Waals surface area contributed by atoms with E-state index in [2.05, 4.69) is 15.1 Å². The molecule has 6 heteroatoms. The van der Waals surface area contributed by atoms with Gasteiger partial charge in [0, 0.05) is 42.6 Å². The molecule has 0 saturated carbocycles. The quantitative estimate of drug-likeness (QED) is 0.826. The van der Waals surface area contributed by atoms with Gasteiger partial charge in [0.15, 0.2) is 5.11 Å². The highest BCUT2D eigenvalue weighted by Crippen LogP contribution is 2.20. The molecule has 3 nitrogen and oxygen atoms in total. The molecule has 0 radical (unpaired) electrons. The van der Waals surface area contributed by atoms with Crippen molar-refractivity contribution in [3.63, 3.8) is 0 Å². The lowest BCUT2D eigenvalue weighted by Crippen LogP contribution is -2.50. The number of hydrogen-bond donors (Lipinski definition) is 1.